The highest BCUT2D eigenvalue weighted by atomic mass is 16.5. The molecule has 104 valence electrons. The molecule has 6 heteroatoms. The van der Waals surface area contributed by atoms with Crippen molar-refractivity contribution in [1.29, 1.82) is 0 Å². The highest BCUT2D eigenvalue weighted by Crippen LogP contribution is 2.20. The molecule has 0 atom stereocenters. The molecule has 1 fully saturated rings. The number of likely N-dealkylation sites (tertiary alicyclic amines) is 1. The van der Waals surface area contributed by atoms with Crippen molar-refractivity contribution in [2.75, 3.05) is 20.2 Å². The van der Waals surface area contributed by atoms with Crippen LogP contribution in [0.5, 0.6) is 0 Å². The van der Waals surface area contributed by atoms with Crippen LogP contribution in [0.15, 0.2) is 6.07 Å². The molecule has 0 aliphatic carbocycles. The molecule has 1 aliphatic heterocycles. The summed E-state index contributed by atoms with van der Waals surface area (Å²) in [6.07, 6.45) is 1.32. The zero-order valence-electron chi connectivity index (χ0n) is 11.5. The number of ether oxygens (including phenoxy) is 1. The standard InChI is InChI=1S/C13H19N3O3/c1-9-8-11(15(2)14-9)12(17)16-6-4-10(5-7-16)13(18)19-3/h8,10H,4-7H2,1-3H3. The molecule has 1 saturated heterocycles. The molecule has 0 unspecified atom stereocenters. The predicted octanol–water partition coefficient (Wildman–Crippen LogP) is 0.754. The van der Waals surface area contributed by atoms with Gasteiger partial charge in [0.25, 0.3) is 5.91 Å². The number of carbonyl (C=O) groups excluding carboxylic acids is 2. The lowest BCUT2D eigenvalue weighted by Gasteiger charge is -2.30. The van der Waals surface area contributed by atoms with Crippen LogP contribution in [-0.2, 0) is 16.6 Å². The number of amides is 1. The fourth-order valence-electron chi connectivity index (χ4n) is 2.46. The summed E-state index contributed by atoms with van der Waals surface area (Å²) >= 11 is 0. The average molecular weight is 265 g/mol. The second-order valence-electron chi connectivity index (χ2n) is 4.88. The van der Waals surface area contributed by atoms with Gasteiger partial charge in [-0.05, 0) is 25.8 Å². The SMILES string of the molecule is COC(=O)C1CCN(C(=O)c2cc(C)nn2C)CC1. The summed E-state index contributed by atoms with van der Waals surface area (Å²) in [5.41, 5.74) is 1.42. The Kier molecular flexibility index (Phi) is 3.87. The molecule has 0 bridgehead atoms. The summed E-state index contributed by atoms with van der Waals surface area (Å²) in [4.78, 5) is 25.5. The number of rotatable bonds is 2. The maximum atomic E-state index is 12.3. The minimum absolute atomic E-state index is 0.0218. The van der Waals surface area contributed by atoms with Gasteiger partial charge in [0.15, 0.2) is 0 Å². The molecule has 6 nitrogen and oxygen atoms in total. The zero-order valence-corrected chi connectivity index (χ0v) is 11.5. The first-order valence-corrected chi connectivity index (χ1v) is 6.40. The third kappa shape index (κ3) is 2.77. The monoisotopic (exact) mass is 265 g/mol. The van der Waals surface area contributed by atoms with E-state index in [9.17, 15) is 9.59 Å². The summed E-state index contributed by atoms with van der Waals surface area (Å²) in [5.74, 6) is -0.280. The number of nitrogens with zero attached hydrogens (tertiary/aromatic N) is 3. The van der Waals surface area contributed by atoms with Crippen LogP contribution in [-0.4, -0.2) is 46.8 Å². The van der Waals surface area contributed by atoms with Crippen LogP contribution in [0.4, 0.5) is 0 Å². The van der Waals surface area contributed by atoms with Crippen molar-refractivity contribution in [1.82, 2.24) is 14.7 Å². The second kappa shape index (κ2) is 5.42. The summed E-state index contributed by atoms with van der Waals surface area (Å²) in [5, 5.41) is 4.18. The average Bonchev–Trinajstić information content (AvgIpc) is 2.76. The minimum Gasteiger partial charge on any atom is -0.469 e. The third-order valence-corrected chi connectivity index (χ3v) is 3.54. The van der Waals surface area contributed by atoms with E-state index in [0.29, 0.717) is 31.6 Å². The van der Waals surface area contributed by atoms with Gasteiger partial charge in [-0.25, -0.2) is 0 Å². The number of hydrogen-bond donors (Lipinski definition) is 0. The molecule has 1 aromatic rings. The summed E-state index contributed by atoms with van der Waals surface area (Å²) in [6.45, 7) is 3.03. The van der Waals surface area contributed by atoms with Crippen molar-refractivity contribution in [3.8, 4) is 0 Å². The van der Waals surface area contributed by atoms with Crippen molar-refractivity contribution in [3.63, 3.8) is 0 Å². The number of aryl methyl sites for hydroxylation is 2. The normalized spacial score (nSPS) is 16.5. The van der Waals surface area contributed by atoms with Crippen LogP contribution in [0, 0.1) is 12.8 Å². The van der Waals surface area contributed by atoms with Crippen LogP contribution in [0.1, 0.15) is 29.0 Å². The van der Waals surface area contributed by atoms with Crippen molar-refractivity contribution >= 4 is 11.9 Å². The lowest BCUT2D eigenvalue weighted by Crippen LogP contribution is -2.41. The van der Waals surface area contributed by atoms with Crippen LogP contribution in [0.25, 0.3) is 0 Å². The Morgan fingerprint density at radius 1 is 1.37 bits per heavy atom. The van der Waals surface area contributed by atoms with Crippen LogP contribution < -0.4 is 0 Å². The Morgan fingerprint density at radius 2 is 2.00 bits per heavy atom. The summed E-state index contributed by atoms with van der Waals surface area (Å²) in [6, 6.07) is 1.79. The van der Waals surface area contributed by atoms with Crippen LogP contribution in [0.2, 0.25) is 0 Å². The summed E-state index contributed by atoms with van der Waals surface area (Å²) in [7, 11) is 3.17. The molecule has 1 amide bonds. The topological polar surface area (TPSA) is 64.4 Å². The third-order valence-electron chi connectivity index (χ3n) is 3.54. The largest absolute Gasteiger partial charge is 0.469 e. The fraction of sp³-hybridized carbons (Fsp3) is 0.615. The lowest BCUT2D eigenvalue weighted by atomic mass is 9.97. The molecule has 2 heterocycles. The number of piperidine rings is 1. The quantitative estimate of drug-likeness (QED) is 0.740. The first kappa shape index (κ1) is 13.6. The van der Waals surface area contributed by atoms with Gasteiger partial charge >= 0.3 is 5.97 Å². The van der Waals surface area contributed by atoms with Gasteiger partial charge in [-0.2, -0.15) is 5.10 Å². The smallest absolute Gasteiger partial charge is 0.308 e. The van der Waals surface area contributed by atoms with Gasteiger partial charge in [-0.1, -0.05) is 0 Å². The molecule has 2 rings (SSSR count). The maximum Gasteiger partial charge on any atom is 0.308 e. The highest BCUT2D eigenvalue weighted by molar-refractivity contribution is 5.92. The van der Waals surface area contributed by atoms with Crippen molar-refractivity contribution in [2.24, 2.45) is 13.0 Å². The second-order valence-corrected chi connectivity index (χ2v) is 4.88. The Morgan fingerprint density at radius 3 is 2.47 bits per heavy atom. The molecule has 1 aliphatic rings. The first-order chi connectivity index (χ1) is 9.02. The molecule has 19 heavy (non-hydrogen) atoms. The van der Waals surface area contributed by atoms with Gasteiger partial charge in [0.2, 0.25) is 0 Å². The van der Waals surface area contributed by atoms with Crippen molar-refractivity contribution in [3.05, 3.63) is 17.5 Å². The molecule has 0 saturated carbocycles. The van der Waals surface area contributed by atoms with E-state index >= 15 is 0 Å². The Bertz CT molecular complexity index is 487. The molecular weight excluding hydrogens is 246 g/mol. The van der Waals surface area contributed by atoms with Crippen molar-refractivity contribution in [2.45, 2.75) is 19.8 Å². The highest BCUT2D eigenvalue weighted by Gasteiger charge is 2.29. The van der Waals surface area contributed by atoms with Crippen LogP contribution >= 0.6 is 0 Å². The van der Waals surface area contributed by atoms with E-state index in [1.165, 1.54) is 7.11 Å². The van der Waals surface area contributed by atoms with E-state index in [1.807, 2.05) is 6.92 Å². The van der Waals surface area contributed by atoms with Gasteiger partial charge in [0.1, 0.15) is 5.69 Å². The Balaban J connectivity index is 2.00. The van der Waals surface area contributed by atoms with Gasteiger partial charge in [0.05, 0.1) is 18.7 Å². The molecule has 0 N–H and O–H groups in total. The van der Waals surface area contributed by atoms with Gasteiger partial charge in [0, 0.05) is 20.1 Å². The van der Waals surface area contributed by atoms with E-state index in [0.717, 1.165) is 5.69 Å². The van der Waals surface area contributed by atoms with E-state index in [-0.39, 0.29) is 17.8 Å². The van der Waals surface area contributed by atoms with Gasteiger partial charge in [-0.3, -0.25) is 14.3 Å². The number of esters is 1. The maximum absolute atomic E-state index is 12.3. The molecule has 1 aromatic heterocycles. The Hall–Kier alpha value is -1.85. The van der Waals surface area contributed by atoms with E-state index in [4.69, 9.17) is 4.74 Å². The molecular formula is C13H19N3O3. The lowest BCUT2D eigenvalue weighted by molar-refractivity contribution is -0.146. The van der Waals surface area contributed by atoms with Crippen molar-refractivity contribution < 1.29 is 14.3 Å². The van der Waals surface area contributed by atoms with E-state index in [1.54, 1.807) is 22.7 Å². The van der Waals surface area contributed by atoms with Gasteiger partial charge < -0.3 is 9.64 Å². The van der Waals surface area contributed by atoms with Gasteiger partial charge in [-0.15, -0.1) is 0 Å². The minimum atomic E-state index is -0.177. The summed E-state index contributed by atoms with van der Waals surface area (Å²) < 4.78 is 6.34. The molecule has 0 radical (unpaired) electrons. The zero-order chi connectivity index (χ0) is 14.0. The number of methoxy groups -OCH3 is 1. The fourth-order valence-corrected chi connectivity index (χ4v) is 2.46. The van der Waals surface area contributed by atoms with E-state index < -0.39 is 0 Å². The Labute approximate surface area is 112 Å². The first-order valence-electron chi connectivity index (χ1n) is 6.40. The molecule has 0 spiro atoms. The molecule has 0 aromatic carbocycles. The van der Waals surface area contributed by atoms with Crippen LogP contribution in [0.3, 0.4) is 0 Å². The number of hydrogen-bond acceptors (Lipinski definition) is 4. The number of carbonyl (C=O) groups is 2. The van der Waals surface area contributed by atoms with E-state index in [2.05, 4.69) is 5.10 Å². The number of aromatic nitrogens is 2. The predicted molar refractivity (Wildman–Crippen MR) is 68.6 cm³/mol.